The van der Waals surface area contributed by atoms with Gasteiger partial charge in [-0.05, 0) is 37.3 Å². The minimum Gasteiger partial charge on any atom is -0.322 e. The van der Waals surface area contributed by atoms with Gasteiger partial charge in [0.1, 0.15) is 11.9 Å². The molecule has 0 bridgehead atoms. The summed E-state index contributed by atoms with van der Waals surface area (Å²) in [7, 11) is 0. The number of para-hydroxylation sites is 1. The smallest absolute Gasteiger partial charge is 0.248 e. The maximum atomic E-state index is 13.8. The predicted octanol–water partition coefficient (Wildman–Crippen LogP) is 3.90. The Hall–Kier alpha value is -1.82. The molecule has 2 amide bonds. The summed E-state index contributed by atoms with van der Waals surface area (Å²) in [4.78, 5) is 27.4. The first-order valence-electron chi connectivity index (χ1n) is 8.82. The lowest BCUT2D eigenvalue weighted by Crippen LogP contribution is -2.45. The van der Waals surface area contributed by atoms with E-state index in [9.17, 15) is 14.0 Å². The first-order valence-corrected chi connectivity index (χ1v) is 9.97. The van der Waals surface area contributed by atoms with Crippen LogP contribution >= 0.6 is 11.8 Å². The molecule has 1 aromatic rings. The van der Waals surface area contributed by atoms with Crippen LogP contribution in [0.3, 0.4) is 0 Å². The molecule has 1 saturated carbocycles. The largest absolute Gasteiger partial charge is 0.322 e. The number of hydrogen-bond acceptors (Lipinski definition) is 3. The van der Waals surface area contributed by atoms with Gasteiger partial charge in [-0.25, -0.2) is 4.39 Å². The molecule has 1 aromatic carbocycles. The number of nitrogens with one attached hydrogen (secondary N) is 1. The molecule has 1 aliphatic carbocycles. The van der Waals surface area contributed by atoms with Gasteiger partial charge in [0.05, 0.1) is 17.5 Å². The van der Waals surface area contributed by atoms with Gasteiger partial charge in [-0.3, -0.25) is 9.59 Å². The fourth-order valence-corrected chi connectivity index (χ4v) is 4.82. The highest BCUT2D eigenvalue weighted by atomic mass is 32.2. The van der Waals surface area contributed by atoms with Gasteiger partial charge in [-0.15, -0.1) is 11.8 Å². The van der Waals surface area contributed by atoms with Gasteiger partial charge in [-0.1, -0.05) is 37.6 Å². The Morgan fingerprint density at radius 2 is 2.00 bits per heavy atom. The lowest BCUT2D eigenvalue weighted by Gasteiger charge is -2.24. The Bertz CT molecular complexity index is 758. The number of thioether (sulfide) groups is 1. The Morgan fingerprint density at radius 1 is 1.31 bits per heavy atom. The zero-order valence-electron chi connectivity index (χ0n) is 15.6. The van der Waals surface area contributed by atoms with Crippen molar-refractivity contribution in [1.29, 1.82) is 0 Å². The Morgan fingerprint density at radius 3 is 2.65 bits per heavy atom. The van der Waals surface area contributed by atoms with E-state index in [4.69, 9.17) is 0 Å². The van der Waals surface area contributed by atoms with Crippen molar-refractivity contribution in [2.45, 2.75) is 33.7 Å². The van der Waals surface area contributed by atoms with Crippen molar-refractivity contribution in [2.75, 3.05) is 16.9 Å². The number of amides is 2. The molecule has 3 rings (SSSR count). The van der Waals surface area contributed by atoms with Crippen LogP contribution in [-0.2, 0) is 9.59 Å². The van der Waals surface area contributed by atoms with Crippen LogP contribution in [0.4, 0.5) is 10.1 Å². The fourth-order valence-electron chi connectivity index (χ4n) is 3.65. The first-order chi connectivity index (χ1) is 12.2. The molecule has 6 heteroatoms. The Labute approximate surface area is 158 Å². The number of halogens is 1. The monoisotopic (exact) mass is 376 g/mol. The standard InChI is InChI=1S/C20H25FN2O2S/c1-12(2)9-13-17(20(13,3)4)19(25)23-11-26-10-16(23)18(24)22-15-8-6-5-7-14(15)21/h5-9,13,16-17H,10-11H2,1-4H3,(H,22,24)/t13-,16-,17+/m1/s1. The second-order valence-electron chi connectivity index (χ2n) is 7.86. The number of nitrogens with zero attached hydrogens (tertiary/aromatic N) is 1. The van der Waals surface area contributed by atoms with Crippen LogP contribution in [0.25, 0.3) is 0 Å². The molecule has 140 valence electrons. The molecule has 1 aliphatic heterocycles. The van der Waals surface area contributed by atoms with E-state index in [1.54, 1.807) is 28.8 Å². The third-order valence-corrected chi connectivity index (χ3v) is 6.30. The molecular formula is C20H25FN2O2S. The number of carbonyl (C=O) groups excluding carboxylic acids is 2. The zero-order valence-corrected chi connectivity index (χ0v) is 16.4. The quantitative estimate of drug-likeness (QED) is 0.811. The third kappa shape index (κ3) is 3.52. The second-order valence-corrected chi connectivity index (χ2v) is 8.86. The highest BCUT2D eigenvalue weighted by Gasteiger charge is 2.62. The highest BCUT2D eigenvalue weighted by molar-refractivity contribution is 7.99. The topological polar surface area (TPSA) is 49.4 Å². The van der Waals surface area contributed by atoms with Crippen molar-refractivity contribution in [1.82, 2.24) is 4.90 Å². The molecule has 0 unspecified atom stereocenters. The molecule has 0 aromatic heterocycles. The number of anilines is 1. The van der Waals surface area contributed by atoms with Crippen molar-refractivity contribution in [2.24, 2.45) is 17.3 Å². The van der Waals surface area contributed by atoms with Gasteiger partial charge in [0, 0.05) is 5.75 Å². The van der Waals surface area contributed by atoms with E-state index in [-0.39, 0.29) is 34.8 Å². The van der Waals surface area contributed by atoms with Gasteiger partial charge in [0.15, 0.2) is 0 Å². The van der Waals surface area contributed by atoms with Gasteiger partial charge >= 0.3 is 0 Å². The minimum atomic E-state index is -0.559. The number of benzene rings is 1. The second kappa shape index (κ2) is 7.06. The molecule has 2 aliphatic rings. The van der Waals surface area contributed by atoms with E-state index in [0.29, 0.717) is 11.6 Å². The van der Waals surface area contributed by atoms with Crippen LogP contribution < -0.4 is 5.32 Å². The van der Waals surface area contributed by atoms with Crippen LogP contribution in [0.2, 0.25) is 0 Å². The van der Waals surface area contributed by atoms with Crippen molar-refractivity contribution < 1.29 is 14.0 Å². The van der Waals surface area contributed by atoms with E-state index in [2.05, 4.69) is 25.2 Å². The maximum Gasteiger partial charge on any atom is 0.248 e. The van der Waals surface area contributed by atoms with Gasteiger partial charge in [-0.2, -0.15) is 0 Å². The lowest BCUT2D eigenvalue weighted by atomic mass is 10.1. The fraction of sp³-hybridized carbons (Fsp3) is 0.500. The summed E-state index contributed by atoms with van der Waals surface area (Å²) >= 11 is 1.56. The summed E-state index contributed by atoms with van der Waals surface area (Å²) in [5.74, 6) is 0.369. The van der Waals surface area contributed by atoms with Crippen LogP contribution in [0.15, 0.2) is 35.9 Å². The van der Waals surface area contributed by atoms with Crippen LogP contribution in [-0.4, -0.2) is 34.4 Å². The molecule has 26 heavy (non-hydrogen) atoms. The van der Waals surface area contributed by atoms with Crippen LogP contribution in [0.5, 0.6) is 0 Å². The van der Waals surface area contributed by atoms with Crippen LogP contribution in [0, 0.1) is 23.1 Å². The Balaban J connectivity index is 1.72. The van der Waals surface area contributed by atoms with Gasteiger partial charge in [0.2, 0.25) is 11.8 Å². The maximum absolute atomic E-state index is 13.8. The molecule has 0 spiro atoms. The third-order valence-electron chi connectivity index (χ3n) is 5.29. The average Bonchev–Trinajstić information content (AvgIpc) is 2.93. The van der Waals surface area contributed by atoms with E-state index in [1.807, 2.05) is 13.8 Å². The van der Waals surface area contributed by atoms with E-state index in [1.165, 1.54) is 17.7 Å². The molecule has 0 radical (unpaired) electrons. The zero-order chi connectivity index (χ0) is 19.1. The summed E-state index contributed by atoms with van der Waals surface area (Å²) in [5.41, 5.74) is 1.26. The van der Waals surface area contributed by atoms with Crippen molar-refractivity contribution in [3.05, 3.63) is 41.7 Å². The number of carbonyl (C=O) groups is 2. The summed E-state index contributed by atoms with van der Waals surface area (Å²) < 4.78 is 13.8. The summed E-state index contributed by atoms with van der Waals surface area (Å²) in [6.45, 7) is 8.26. The molecule has 1 N–H and O–H groups in total. The van der Waals surface area contributed by atoms with Gasteiger partial charge < -0.3 is 10.2 Å². The van der Waals surface area contributed by atoms with E-state index in [0.717, 1.165) is 0 Å². The van der Waals surface area contributed by atoms with Gasteiger partial charge in [0.25, 0.3) is 0 Å². The normalized spacial score (nSPS) is 26.3. The molecule has 1 saturated heterocycles. The molecule has 4 nitrogen and oxygen atoms in total. The highest BCUT2D eigenvalue weighted by Crippen LogP contribution is 2.60. The minimum absolute atomic E-state index is 0.0242. The summed E-state index contributed by atoms with van der Waals surface area (Å²) in [5, 5.41) is 2.63. The van der Waals surface area contributed by atoms with Crippen LogP contribution in [0.1, 0.15) is 27.7 Å². The Kier molecular flexibility index (Phi) is 5.15. The first kappa shape index (κ1) is 19.0. The number of allylic oxidation sites excluding steroid dienone is 2. The van der Waals surface area contributed by atoms with Crippen molar-refractivity contribution in [3.8, 4) is 0 Å². The SMILES string of the molecule is CC(C)=C[C@@H]1[C@@H](C(=O)N2CSC[C@@H]2C(=O)Nc2ccccc2F)C1(C)C. The molecular weight excluding hydrogens is 351 g/mol. The van der Waals surface area contributed by atoms with Crippen molar-refractivity contribution >= 4 is 29.3 Å². The predicted molar refractivity (Wildman–Crippen MR) is 103 cm³/mol. The molecule has 3 atom stereocenters. The van der Waals surface area contributed by atoms with Crippen molar-refractivity contribution in [3.63, 3.8) is 0 Å². The summed E-state index contributed by atoms with van der Waals surface area (Å²) in [6, 6.07) is 5.51. The summed E-state index contributed by atoms with van der Waals surface area (Å²) in [6.07, 6.45) is 2.15. The lowest BCUT2D eigenvalue weighted by molar-refractivity contribution is -0.138. The number of rotatable bonds is 4. The van der Waals surface area contributed by atoms with E-state index < -0.39 is 11.9 Å². The van der Waals surface area contributed by atoms with E-state index >= 15 is 0 Å². The molecule has 2 fully saturated rings. The average molecular weight is 376 g/mol. The number of hydrogen-bond donors (Lipinski definition) is 1. The molecule has 1 heterocycles.